The van der Waals surface area contributed by atoms with Crippen LogP contribution in [-0.4, -0.2) is 25.4 Å². The van der Waals surface area contributed by atoms with E-state index in [2.05, 4.69) is 32.1 Å². The minimum atomic E-state index is -0.272. The first-order chi connectivity index (χ1) is 8.73. The maximum atomic E-state index is 6.06. The van der Waals surface area contributed by atoms with Gasteiger partial charge < -0.3 is 9.47 Å². The van der Waals surface area contributed by atoms with Crippen LogP contribution < -0.4 is 11.3 Å². The summed E-state index contributed by atoms with van der Waals surface area (Å²) in [6, 6.07) is -0.0121. The molecule has 2 heterocycles. The molecule has 0 aliphatic carbocycles. The van der Waals surface area contributed by atoms with E-state index in [1.54, 1.807) is 11.3 Å². The van der Waals surface area contributed by atoms with Crippen molar-refractivity contribution in [2.24, 2.45) is 5.84 Å². The molecule has 1 aromatic rings. The summed E-state index contributed by atoms with van der Waals surface area (Å²) in [5.74, 6) is 5.79. The lowest BCUT2D eigenvalue weighted by Crippen LogP contribution is -2.51. The van der Waals surface area contributed by atoms with E-state index in [4.69, 9.17) is 15.3 Å². The average molecular weight is 335 g/mol. The Morgan fingerprint density at radius 2 is 2.28 bits per heavy atom. The normalized spacial score (nSPS) is 20.8. The standard InChI is InChI=1S/C12H19BrN2O2S/c1-2-17-12(3-5-16-6-4-12)11(15-14)9-7-18-8-10(9)13/h7-8,11,15H,2-6,14H2,1H3. The molecule has 6 heteroatoms. The summed E-state index contributed by atoms with van der Waals surface area (Å²) in [5.41, 5.74) is 3.83. The van der Waals surface area contributed by atoms with Crippen molar-refractivity contribution < 1.29 is 9.47 Å². The molecule has 1 aliphatic heterocycles. The third-order valence-corrected chi connectivity index (χ3v) is 5.17. The van der Waals surface area contributed by atoms with Gasteiger partial charge in [-0.3, -0.25) is 5.84 Å². The van der Waals surface area contributed by atoms with Crippen molar-refractivity contribution in [2.75, 3.05) is 19.8 Å². The van der Waals surface area contributed by atoms with Crippen molar-refractivity contribution in [3.8, 4) is 0 Å². The highest BCUT2D eigenvalue weighted by molar-refractivity contribution is 9.10. The van der Waals surface area contributed by atoms with Crippen molar-refractivity contribution >= 4 is 27.3 Å². The van der Waals surface area contributed by atoms with Gasteiger partial charge in [0.15, 0.2) is 0 Å². The first-order valence-corrected chi connectivity index (χ1v) is 7.86. The lowest BCUT2D eigenvalue weighted by Gasteiger charge is -2.42. The van der Waals surface area contributed by atoms with Crippen molar-refractivity contribution in [1.29, 1.82) is 0 Å². The van der Waals surface area contributed by atoms with Crippen molar-refractivity contribution in [2.45, 2.75) is 31.4 Å². The van der Waals surface area contributed by atoms with Crippen molar-refractivity contribution in [3.05, 3.63) is 20.8 Å². The molecule has 1 aliphatic rings. The lowest BCUT2D eigenvalue weighted by molar-refractivity contribution is -0.128. The topological polar surface area (TPSA) is 56.5 Å². The number of nitrogens with one attached hydrogen (secondary N) is 1. The van der Waals surface area contributed by atoms with E-state index < -0.39 is 0 Å². The van der Waals surface area contributed by atoms with E-state index in [1.165, 1.54) is 0 Å². The summed E-state index contributed by atoms with van der Waals surface area (Å²) in [7, 11) is 0. The maximum absolute atomic E-state index is 6.06. The Morgan fingerprint density at radius 3 is 2.78 bits per heavy atom. The van der Waals surface area contributed by atoms with Gasteiger partial charge in [0.1, 0.15) is 0 Å². The van der Waals surface area contributed by atoms with Gasteiger partial charge in [0, 0.05) is 42.5 Å². The zero-order valence-electron chi connectivity index (χ0n) is 10.4. The monoisotopic (exact) mass is 334 g/mol. The molecule has 1 saturated heterocycles. The summed E-state index contributed by atoms with van der Waals surface area (Å²) >= 11 is 5.24. The number of hydrogen-bond donors (Lipinski definition) is 2. The first-order valence-electron chi connectivity index (χ1n) is 6.13. The van der Waals surface area contributed by atoms with Crippen LogP contribution in [0.3, 0.4) is 0 Å². The molecule has 0 bridgehead atoms. The molecule has 0 radical (unpaired) electrons. The van der Waals surface area contributed by atoms with Gasteiger partial charge in [-0.1, -0.05) is 0 Å². The Morgan fingerprint density at radius 1 is 1.56 bits per heavy atom. The highest BCUT2D eigenvalue weighted by Gasteiger charge is 2.42. The van der Waals surface area contributed by atoms with Crippen LogP contribution in [0, 0.1) is 0 Å². The van der Waals surface area contributed by atoms with Gasteiger partial charge in [-0.15, -0.1) is 0 Å². The molecule has 1 unspecified atom stereocenters. The van der Waals surface area contributed by atoms with Crippen molar-refractivity contribution in [1.82, 2.24) is 5.43 Å². The van der Waals surface area contributed by atoms with E-state index >= 15 is 0 Å². The molecule has 102 valence electrons. The minimum Gasteiger partial charge on any atom is -0.381 e. The molecule has 4 nitrogen and oxygen atoms in total. The number of halogens is 1. The number of rotatable bonds is 5. The Bertz CT molecular complexity index is 374. The third kappa shape index (κ3) is 2.79. The second-order valence-corrected chi connectivity index (χ2v) is 5.98. The highest BCUT2D eigenvalue weighted by Crippen LogP contribution is 2.40. The van der Waals surface area contributed by atoms with Gasteiger partial charge >= 0.3 is 0 Å². The van der Waals surface area contributed by atoms with Gasteiger partial charge in [-0.2, -0.15) is 11.3 Å². The van der Waals surface area contributed by atoms with Crippen LogP contribution in [-0.2, 0) is 9.47 Å². The molecule has 3 N–H and O–H groups in total. The number of thiophene rings is 1. The number of ether oxygens (including phenoxy) is 2. The van der Waals surface area contributed by atoms with Crippen LogP contribution in [0.15, 0.2) is 15.2 Å². The molecular formula is C12H19BrN2O2S. The Labute approximate surface area is 120 Å². The zero-order valence-corrected chi connectivity index (χ0v) is 12.9. The summed E-state index contributed by atoms with van der Waals surface area (Å²) in [5, 5.41) is 4.18. The molecular weight excluding hydrogens is 316 g/mol. The molecule has 0 aromatic carbocycles. The van der Waals surface area contributed by atoms with Crippen LogP contribution in [0.2, 0.25) is 0 Å². The first kappa shape index (κ1) is 14.4. The molecule has 0 amide bonds. The quantitative estimate of drug-likeness (QED) is 0.642. The van der Waals surface area contributed by atoms with Crippen LogP contribution in [0.25, 0.3) is 0 Å². The van der Waals surface area contributed by atoms with Crippen LogP contribution in [0.4, 0.5) is 0 Å². The molecule has 1 fully saturated rings. The van der Waals surface area contributed by atoms with Gasteiger partial charge in [0.05, 0.1) is 11.6 Å². The lowest BCUT2D eigenvalue weighted by atomic mass is 9.83. The van der Waals surface area contributed by atoms with E-state index in [-0.39, 0.29) is 11.6 Å². The Hall–Kier alpha value is 0.0200. The van der Waals surface area contributed by atoms with Gasteiger partial charge in [0.2, 0.25) is 0 Å². The smallest absolute Gasteiger partial charge is 0.0933 e. The van der Waals surface area contributed by atoms with Crippen LogP contribution in [0.5, 0.6) is 0 Å². The fourth-order valence-electron chi connectivity index (χ4n) is 2.54. The summed E-state index contributed by atoms with van der Waals surface area (Å²) in [6.07, 6.45) is 1.72. The molecule has 0 spiro atoms. The maximum Gasteiger partial charge on any atom is 0.0933 e. The van der Waals surface area contributed by atoms with E-state index in [9.17, 15) is 0 Å². The summed E-state index contributed by atoms with van der Waals surface area (Å²) < 4.78 is 12.6. The molecule has 2 rings (SSSR count). The second kappa shape index (κ2) is 6.45. The number of hydrogen-bond acceptors (Lipinski definition) is 5. The van der Waals surface area contributed by atoms with Crippen molar-refractivity contribution in [3.63, 3.8) is 0 Å². The largest absolute Gasteiger partial charge is 0.381 e. The second-order valence-electron chi connectivity index (χ2n) is 4.38. The molecule has 1 atom stereocenters. The Balaban J connectivity index is 2.29. The highest BCUT2D eigenvalue weighted by atomic mass is 79.9. The fourth-order valence-corrected chi connectivity index (χ4v) is 4.10. The van der Waals surface area contributed by atoms with E-state index in [0.717, 1.165) is 36.1 Å². The molecule has 18 heavy (non-hydrogen) atoms. The van der Waals surface area contributed by atoms with Gasteiger partial charge in [-0.05, 0) is 33.8 Å². The molecule has 1 aromatic heterocycles. The SMILES string of the molecule is CCOC1(C(NN)c2cscc2Br)CCOCC1. The predicted molar refractivity (Wildman–Crippen MR) is 76.5 cm³/mol. The van der Waals surface area contributed by atoms with Crippen LogP contribution in [0.1, 0.15) is 31.4 Å². The van der Waals surface area contributed by atoms with E-state index in [1.807, 2.05) is 6.92 Å². The number of nitrogens with two attached hydrogens (primary N) is 1. The van der Waals surface area contributed by atoms with E-state index in [0.29, 0.717) is 6.61 Å². The number of hydrazine groups is 1. The minimum absolute atomic E-state index is 0.0121. The zero-order chi connectivity index (χ0) is 13.0. The van der Waals surface area contributed by atoms with Gasteiger partial charge in [0.25, 0.3) is 0 Å². The third-order valence-electron chi connectivity index (χ3n) is 3.42. The average Bonchev–Trinajstić information content (AvgIpc) is 2.78. The predicted octanol–water partition coefficient (Wildman–Crippen LogP) is 2.60. The van der Waals surface area contributed by atoms with Crippen LogP contribution >= 0.6 is 27.3 Å². The fraction of sp³-hybridized carbons (Fsp3) is 0.667. The Kier molecular flexibility index (Phi) is 5.17. The van der Waals surface area contributed by atoms with Gasteiger partial charge in [-0.25, -0.2) is 5.43 Å². The summed E-state index contributed by atoms with van der Waals surface area (Å²) in [4.78, 5) is 0. The summed E-state index contributed by atoms with van der Waals surface area (Å²) in [6.45, 7) is 4.15. The molecule has 0 saturated carbocycles.